The van der Waals surface area contributed by atoms with Gasteiger partial charge in [-0.05, 0) is 25.5 Å². The van der Waals surface area contributed by atoms with Crippen molar-refractivity contribution >= 4 is 23.6 Å². The molecule has 0 radical (unpaired) electrons. The van der Waals surface area contributed by atoms with Crippen LogP contribution in [-0.4, -0.2) is 77.2 Å². The van der Waals surface area contributed by atoms with Crippen LogP contribution in [0.25, 0.3) is 0 Å². The molecule has 2 amide bonds. The molecule has 1 aromatic rings. The molecule has 2 fully saturated rings. The van der Waals surface area contributed by atoms with E-state index in [0.717, 1.165) is 30.7 Å². The molecule has 0 bridgehead atoms. The number of likely N-dealkylation sites (tertiary alicyclic amines) is 1. The number of thioether (sulfide) groups is 1. The predicted molar refractivity (Wildman–Crippen MR) is 99.3 cm³/mol. The molecule has 0 atom stereocenters. The van der Waals surface area contributed by atoms with Gasteiger partial charge in [0.15, 0.2) is 0 Å². The highest BCUT2D eigenvalue weighted by Crippen LogP contribution is 2.31. The van der Waals surface area contributed by atoms with Crippen LogP contribution in [0.5, 0.6) is 0 Å². The Balaban J connectivity index is 1.56. The average Bonchev–Trinajstić information content (AvgIpc) is 3.15. The van der Waals surface area contributed by atoms with Crippen molar-refractivity contribution in [3.63, 3.8) is 0 Å². The Bertz CT molecular complexity index is 640. The highest BCUT2D eigenvalue weighted by atomic mass is 32.2. The summed E-state index contributed by atoms with van der Waals surface area (Å²) in [7, 11) is 0. The average molecular weight is 381 g/mol. The van der Waals surface area contributed by atoms with Crippen molar-refractivity contribution in [3.8, 4) is 0 Å². The number of hydrogen-bond acceptors (Lipinski definition) is 6. The van der Waals surface area contributed by atoms with Crippen molar-refractivity contribution in [2.45, 2.75) is 38.2 Å². The summed E-state index contributed by atoms with van der Waals surface area (Å²) in [6, 6.07) is 1.72. The fraction of sp³-hybridized carbons (Fsp3) is 0.722. The lowest BCUT2D eigenvalue weighted by Gasteiger charge is -2.47. The van der Waals surface area contributed by atoms with Gasteiger partial charge in [0.2, 0.25) is 11.7 Å². The number of carbonyl (C=O) groups excluding carboxylic acids is 2. The first-order valence-electron chi connectivity index (χ1n) is 9.22. The van der Waals surface area contributed by atoms with Gasteiger partial charge in [-0.2, -0.15) is 11.8 Å². The van der Waals surface area contributed by atoms with E-state index >= 15 is 0 Å². The summed E-state index contributed by atoms with van der Waals surface area (Å²) in [5.41, 5.74) is 0.469. The molecule has 2 aliphatic rings. The van der Waals surface area contributed by atoms with Crippen LogP contribution in [0.3, 0.4) is 0 Å². The molecule has 0 aromatic carbocycles. The first-order valence-corrected chi connectivity index (χ1v) is 10.6. The minimum Gasteiger partial charge on any atom is -0.371 e. The lowest BCUT2D eigenvalue weighted by atomic mass is 9.89. The lowest BCUT2D eigenvalue weighted by Crippen LogP contribution is -2.58. The van der Waals surface area contributed by atoms with Gasteiger partial charge in [0.05, 0.1) is 17.9 Å². The zero-order chi connectivity index (χ0) is 18.6. The Hall–Kier alpha value is -1.54. The number of aryl methyl sites for hydroxylation is 1. The number of piperidine rings is 1. The standard InChI is InChI=1S/C18H27N3O4S/c1-3-14-12-15(25-19-14)17(23)20-7-5-18(6-8-20)13-21(9-10-24-18)16(22)4-11-26-2/h12H,3-11,13H2,1-2H3. The van der Waals surface area contributed by atoms with E-state index in [1.807, 2.05) is 18.1 Å². The summed E-state index contributed by atoms with van der Waals surface area (Å²) in [5.74, 6) is 1.24. The third-order valence-corrected chi connectivity index (χ3v) is 5.83. The monoisotopic (exact) mass is 381 g/mol. The van der Waals surface area contributed by atoms with Crippen molar-refractivity contribution in [1.29, 1.82) is 0 Å². The Morgan fingerprint density at radius 3 is 2.69 bits per heavy atom. The molecule has 1 aromatic heterocycles. The van der Waals surface area contributed by atoms with Crippen molar-refractivity contribution in [1.82, 2.24) is 15.0 Å². The van der Waals surface area contributed by atoms with E-state index in [1.54, 1.807) is 22.7 Å². The summed E-state index contributed by atoms with van der Waals surface area (Å²) in [5, 5.41) is 3.89. The van der Waals surface area contributed by atoms with Gasteiger partial charge in [0.1, 0.15) is 0 Å². The quantitative estimate of drug-likeness (QED) is 0.774. The summed E-state index contributed by atoms with van der Waals surface area (Å²) in [6.07, 6.45) is 4.81. The highest BCUT2D eigenvalue weighted by Gasteiger charge is 2.42. The second-order valence-corrected chi connectivity index (χ2v) is 7.90. The second-order valence-electron chi connectivity index (χ2n) is 6.92. The third kappa shape index (κ3) is 4.23. The van der Waals surface area contributed by atoms with Gasteiger partial charge in [-0.1, -0.05) is 12.1 Å². The van der Waals surface area contributed by atoms with Gasteiger partial charge in [-0.3, -0.25) is 9.59 Å². The van der Waals surface area contributed by atoms with Gasteiger partial charge >= 0.3 is 0 Å². The molecule has 7 nitrogen and oxygen atoms in total. The molecule has 0 saturated carbocycles. The maximum Gasteiger partial charge on any atom is 0.292 e. The molecule has 3 rings (SSSR count). The Morgan fingerprint density at radius 2 is 2.04 bits per heavy atom. The molecule has 8 heteroatoms. The number of hydrogen-bond donors (Lipinski definition) is 0. The van der Waals surface area contributed by atoms with E-state index in [1.165, 1.54) is 0 Å². The normalized spacial score (nSPS) is 19.8. The number of rotatable bonds is 5. The summed E-state index contributed by atoms with van der Waals surface area (Å²) < 4.78 is 11.2. The highest BCUT2D eigenvalue weighted by molar-refractivity contribution is 7.98. The predicted octanol–water partition coefficient (Wildman–Crippen LogP) is 1.82. The fourth-order valence-corrected chi connectivity index (χ4v) is 3.94. The van der Waals surface area contributed by atoms with E-state index < -0.39 is 0 Å². The fourth-order valence-electron chi connectivity index (χ4n) is 3.56. The van der Waals surface area contributed by atoms with Crippen LogP contribution in [-0.2, 0) is 16.0 Å². The molecule has 2 saturated heterocycles. The summed E-state index contributed by atoms with van der Waals surface area (Å²) in [4.78, 5) is 28.6. The summed E-state index contributed by atoms with van der Waals surface area (Å²) in [6.45, 7) is 5.05. The molecular weight excluding hydrogens is 354 g/mol. The van der Waals surface area contributed by atoms with Gasteiger partial charge in [0.25, 0.3) is 5.91 Å². The number of aromatic nitrogens is 1. The van der Waals surface area contributed by atoms with Crippen LogP contribution in [0.1, 0.15) is 42.4 Å². The van der Waals surface area contributed by atoms with Gasteiger partial charge in [0, 0.05) is 44.4 Å². The molecule has 0 N–H and O–H groups in total. The number of amides is 2. The zero-order valence-electron chi connectivity index (χ0n) is 15.5. The SMILES string of the molecule is CCc1cc(C(=O)N2CCC3(CC2)CN(C(=O)CCSC)CCO3)on1. The van der Waals surface area contributed by atoms with Gasteiger partial charge < -0.3 is 19.1 Å². The first kappa shape index (κ1) is 19.2. The number of nitrogens with zero attached hydrogens (tertiary/aromatic N) is 3. The van der Waals surface area contributed by atoms with Crippen molar-refractivity contribution in [2.24, 2.45) is 0 Å². The van der Waals surface area contributed by atoms with E-state index in [4.69, 9.17) is 9.26 Å². The third-order valence-electron chi connectivity index (χ3n) is 5.22. The lowest BCUT2D eigenvalue weighted by molar-refractivity contribution is -0.157. The van der Waals surface area contributed by atoms with E-state index in [9.17, 15) is 9.59 Å². The topological polar surface area (TPSA) is 75.9 Å². The molecular formula is C18H27N3O4S. The first-order chi connectivity index (χ1) is 12.6. The van der Waals surface area contributed by atoms with E-state index in [-0.39, 0.29) is 17.4 Å². The van der Waals surface area contributed by atoms with Crippen LogP contribution in [0.15, 0.2) is 10.6 Å². The number of ether oxygens (including phenoxy) is 1. The number of morpholine rings is 1. The second kappa shape index (κ2) is 8.43. The zero-order valence-corrected chi connectivity index (χ0v) is 16.3. The molecule has 144 valence electrons. The molecule has 3 heterocycles. The van der Waals surface area contributed by atoms with E-state index in [0.29, 0.717) is 45.0 Å². The van der Waals surface area contributed by atoms with E-state index in [2.05, 4.69) is 5.16 Å². The molecule has 0 unspecified atom stereocenters. The van der Waals surface area contributed by atoms with Crippen molar-refractivity contribution in [2.75, 3.05) is 44.8 Å². The molecule has 26 heavy (non-hydrogen) atoms. The molecule has 1 spiro atoms. The van der Waals surface area contributed by atoms with Crippen molar-refractivity contribution < 1.29 is 18.8 Å². The Kier molecular flexibility index (Phi) is 6.24. The van der Waals surface area contributed by atoms with Crippen LogP contribution < -0.4 is 0 Å². The maximum atomic E-state index is 12.6. The molecule has 0 aliphatic carbocycles. The maximum absolute atomic E-state index is 12.6. The van der Waals surface area contributed by atoms with Crippen LogP contribution in [0.4, 0.5) is 0 Å². The smallest absolute Gasteiger partial charge is 0.292 e. The molecule has 2 aliphatic heterocycles. The Morgan fingerprint density at radius 1 is 1.27 bits per heavy atom. The largest absolute Gasteiger partial charge is 0.371 e. The number of carbonyl (C=O) groups is 2. The van der Waals surface area contributed by atoms with Crippen LogP contribution in [0, 0.1) is 0 Å². The minimum absolute atomic E-state index is 0.115. The van der Waals surface area contributed by atoms with Gasteiger partial charge in [-0.15, -0.1) is 0 Å². The summed E-state index contributed by atoms with van der Waals surface area (Å²) >= 11 is 1.69. The van der Waals surface area contributed by atoms with Crippen molar-refractivity contribution in [3.05, 3.63) is 17.5 Å². The van der Waals surface area contributed by atoms with Crippen LogP contribution in [0.2, 0.25) is 0 Å². The van der Waals surface area contributed by atoms with Crippen LogP contribution >= 0.6 is 11.8 Å². The minimum atomic E-state index is -0.319. The van der Waals surface area contributed by atoms with Gasteiger partial charge in [-0.25, -0.2) is 0 Å². The Labute approximate surface area is 158 Å².